The van der Waals surface area contributed by atoms with Gasteiger partial charge < -0.3 is 0 Å². The van der Waals surface area contributed by atoms with Crippen molar-refractivity contribution in [3.8, 4) is 0 Å². The molecule has 1 saturated carbocycles. The molecule has 4 heteroatoms. The number of rotatable bonds is 6. The topological polar surface area (TPSA) is 36.9 Å². The van der Waals surface area contributed by atoms with Gasteiger partial charge in [-0.25, -0.2) is 9.78 Å². The molecule has 0 aliphatic heterocycles. The maximum absolute atomic E-state index is 5.67. The Labute approximate surface area is 117 Å². The van der Waals surface area contributed by atoms with E-state index < -0.39 is 5.79 Å². The molecule has 0 heterocycles. The molecule has 19 heavy (non-hydrogen) atoms. The van der Waals surface area contributed by atoms with Crippen molar-refractivity contribution in [2.75, 3.05) is 0 Å². The van der Waals surface area contributed by atoms with Crippen molar-refractivity contribution < 1.29 is 19.6 Å². The third-order valence-electron chi connectivity index (χ3n) is 3.33. The lowest BCUT2D eigenvalue weighted by Gasteiger charge is -2.38. The van der Waals surface area contributed by atoms with Crippen LogP contribution in [0.15, 0.2) is 0 Å². The van der Waals surface area contributed by atoms with Crippen LogP contribution in [-0.2, 0) is 19.6 Å². The standard InChI is InChI=1S/C15H30O4/c1-7-14(5,6)17-19-15(11-9-8-10-12-15)18-16-13(2,3)4/h7-12H2,1-6H3. The molecule has 0 spiro atoms. The van der Waals surface area contributed by atoms with E-state index >= 15 is 0 Å². The minimum Gasteiger partial charge on any atom is -0.228 e. The lowest BCUT2D eigenvalue weighted by molar-refractivity contribution is -0.546. The summed E-state index contributed by atoms with van der Waals surface area (Å²) in [5, 5.41) is 0. The second-order valence-electron chi connectivity index (χ2n) is 7.03. The molecule has 114 valence electrons. The van der Waals surface area contributed by atoms with Gasteiger partial charge in [0.25, 0.3) is 0 Å². The summed E-state index contributed by atoms with van der Waals surface area (Å²) in [6.07, 6.45) is 5.85. The van der Waals surface area contributed by atoms with Gasteiger partial charge in [-0.05, 0) is 53.9 Å². The van der Waals surface area contributed by atoms with Gasteiger partial charge in [0.2, 0.25) is 5.79 Å². The van der Waals surface area contributed by atoms with E-state index in [1.807, 2.05) is 34.6 Å². The quantitative estimate of drug-likeness (QED) is 0.405. The van der Waals surface area contributed by atoms with Gasteiger partial charge in [-0.3, -0.25) is 0 Å². The zero-order valence-corrected chi connectivity index (χ0v) is 13.4. The molecule has 0 saturated heterocycles. The molecule has 0 unspecified atom stereocenters. The lowest BCUT2D eigenvalue weighted by atomic mass is 9.94. The summed E-state index contributed by atoms with van der Waals surface area (Å²) in [5.41, 5.74) is -0.663. The van der Waals surface area contributed by atoms with Crippen LogP contribution >= 0.6 is 0 Å². The maximum atomic E-state index is 5.67. The first-order valence-corrected chi connectivity index (χ1v) is 7.42. The summed E-state index contributed by atoms with van der Waals surface area (Å²) in [6.45, 7) is 12.0. The van der Waals surface area contributed by atoms with Gasteiger partial charge in [0, 0.05) is 12.8 Å². The summed E-state index contributed by atoms with van der Waals surface area (Å²) >= 11 is 0. The second-order valence-corrected chi connectivity index (χ2v) is 7.03. The SMILES string of the molecule is CCC(C)(C)OOC1(OOC(C)(C)C)CCCCC1. The van der Waals surface area contributed by atoms with Gasteiger partial charge in [0.15, 0.2) is 0 Å². The van der Waals surface area contributed by atoms with Crippen LogP contribution in [-0.4, -0.2) is 17.0 Å². The minimum atomic E-state index is -0.752. The number of hydrogen-bond acceptors (Lipinski definition) is 4. The molecule has 1 fully saturated rings. The molecule has 1 aliphatic rings. The van der Waals surface area contributed by atoms with Crippen LogP contribution in [0.4, 0.5) is 0 Å². The van der Waals surface area contributed by atoms with E-state index in [4.69, 9.17) is 19.6 Å². The highest BCUT2D eigenvalue weighted by molar-refractivity contribution is 4.74. The van der Waals surface area contributed by atoms with Crippen molar-refractivity contribution in [3.63, 3.8) is 0 Å². The molecule has 0 bridgehead atoms. The maximum Gasteiger partial charge on any atom is 0.234 e. The molecular weight excluding hydrogens is 244 g/mol. The monoisotopic (exact) mass is 274 g/mol. The molecule has 1 rings (SSSR count). The Morgan fingerprint density at radius 1 is 0.842 bits per heavy atom. The van der Waals surface area contributed by atoms with Crippen LogP contribution in [0.3, 0.4) is 0 Å². The smallest absolute Gasteiger partial charge is 0.228 e. The first-order valence-electron chi connectivity index (χ1n) is 7.42. The van der Waals surface area contributed by atoms with E-state index in [9.17, 15) is 0 Å². The van der Waals surface area contributed by atoms with Crippen molar-refractivity contribution >= 4 is 0 Å². The lowest BCUT2D eigenvalue weighted by Crippen LogP contribution is -2.42. The highest BCUT2D eigenvalue weighted by atomic mass is 17.3. The molecule has 0 aromatic carbocycles. The van der Waals surface area contributed by atoms with Crippen molar-refractivity contribution in [2.24, 2.45) is 0 Å². The van der Waals surface area contributed by atoms with Gasteiger partial charge in [-0.2, -0.15) is 9.78 Å². The summed E-state index contributed by atoms with van der Waals surface area (Å²) in [4.78, 5) is 22.3. The first kappa shape index (κ1) is 16.9. The van der Waals surface area contributed by atoms with Gasteiger partial charge >= 0.3 is 0 Å². The highest BCUT2D eigenvalue weighted by Crippen LogP contribution is 2.35. The summed E-state index contributed by atoms with van der Waals surface area (Å²) in [6, 6.07) is 0. The molecule has 0 radical (unpaired) electrons. The molecule has 4 nitrogen and oxygen atoms in total. The molecule has 0 aromatic rings. The van der Waals surface area contributed by atoms with Crippen LogP contribution in [0, 0.1) is 0 Å². The summed E-state index contributed by atoms with van der Waals surface area (Å²) in [7, 11) is 0. The predicted octanol–water partition coefficient (Wildman–Crippen LogP) is 4.53. The minimum absolute atomic E-state index is 0.310. The highest BCUT2D eigenvalue weighted by Gasteiger charge is 2.40. The fourth-order valence-electron chi connectivity index (χ4n) is 1.72. The molecule has 0 atom stereocenters. The Hall–Kier alpha value is -0.160. The van der Waals surface area contributed by atoms with Gasteiger partial charge in [-0.15, -0.1) is 0 Å². The molecule has 1 aliphatic carbocycles. The van der Waals surface area contributed by atoms with Gasteiger partial charge in [-0.1, -0.05) is 13.3 Å². The summed E-state index contributed by atoms with van der Waals surface area (Å²) in [5.74, 6) is -0.752. The zero-order valence-electron chi connectivity index (χ0n) is 13.4. The van der Waals surface area contributed by atoms with Crippen LogP contribution in [0.5, 0.6) is 0 Å². The Balaban J connectivity index is 2.60. The number of hydrogen-bond donors (Lipinski definition) is 0. The van der Waals surface area contributed by atoms with E-state index in [1.165, 1.54) is 6.42 Å². The average molecular weight is 274 g/mol. The Kier molecular flexibility index (Phi) is 5.80. The van der Waals surface area contributed by atoms with Crippen LogP contribution in [0.25, 0.3) is 0 Å². The van der Waals surface area contributed by atoms with E-state index in [0.717, 1.165) is 32.1 Å². The van der Waals surface area contributed by atoms with E-state index in [2.05, 4.69) is 6.92 Å². The fraction of sp³-hybridized carbons (Fsp3) is 1.00. The molecule has 0 N–H and O–H groups in total. The normalized spacial score (nSPS) is 20.5. The molecule has 0 aromatic heterocycles. The predicted molar refractivity (Wildman–Crippen MR) is 74.3 cm³/mol. The van der Waals surface area contributed by atoms with Gasteiger partial charge in [0.1, 0.15) is 0 Å². The third kappa shape index (κ3) is 6.21. The fourth-order valence-corrected chi connectivity index (χ4v) is 1.72. The Bertz CT molecular complexity index is 262. The Morgan fingerprint density at radius 2 is 1.37 bits per heavy atom. The third-order valence-corrected chi connectivity index (χ3v) is 3.33. The van der Waals surface area contributed by atoms with Gasteiger partial charge in [0.05, 0.1) is 11.2 Å². The van der Waals surface area contributed by atoms with E-state index in [-0.39, 0.29) is 11.2 Å². The van der Waals surface area contributed by atoms with Crippen LogP contribution < -0.4 is 0 Å². The first-order chi connectivity index (χ1) is 8.68. The van der Waals surface area contributed by atoms with Crippen molar-refractivity contribution in [1.82, 2.24) is 0 Å². The van der Waals surface area contributed by atoms with Crippen molar-refractivity contribution in [2.45, 2.75) is 97.1 Å². The Morgan fingerprint density at radius 3 is 1.84 bits per heavy atom. The largest absolute Gasteiger partial charge is 0.234 e. The van der Waals surface area contributed by atoms with Crippen molar-refractivity contribution in [3.05, 3.63) is 0 Å². The second kappa shape index (κ2) is 6.53. The van der Waals surface area contributed by atoms with E-state index in [0.29, 0.717) is 0 Å². The molecule has 0 amide bonds. The van der Waals surface area contributed by atoms with Crippen LogP contribution in [0.2, 0.25) is 0 Å². The summed E-state index contributed by atoms with van der Waals surface area (Å²) < 4.78 is 0. The van der Waals surface area contributed by atoms with Crippen LogP contribution in [0.1, 0.15) is 80.1 Å². The van der Waals surface area contributed by atoms with E-state index in [1.54, 1.807) is 0 Å². The average Bonchev–Trinajstić information content (AvgIpc) is 2.35. The van der Waals surface area contributed by atoms with Crippen molar-refractivity contribution in [1.29, 1.82) is 0 Å². The zero-order chi connectivity index (χ0) is 14.6. The molecular formula is C15H30O4.